The van der Waals surface area contributed by atoms with Crippen molar-refractivity contribution >= 4 is 50.0 Å². The van der Waals surface area contributed by atoms with Gasteiger partial charge < -0.3 is 5.32 Å². The van der Waals surface area contributed by atoms with Crippen LogP contribution in [0.1, 0.15) is 0 Å². The number of halogens is 3. The highest BCUT2D eigenvalue weighted by Gasteiger charge is 2.26. The van der Waals surface area contributed by atoms with Crippen LogP contribution in [0, 0.1) is 0 Å². The van der Waals surface area contributed by atoms with Crippen LogP contribution in [0.5, 0.6) is 0 Å². The second kappa shape index (κ2) is 6.54. The third-order valence-electron chi connectivity index (χ3n) is 2.60. The van der Waals surface area contributed by atoms with Gasteiger partial charge in [0.25, 0.3) is 0 Å². The largest absolute Gasteiger partial charge is 0.314 e. The fourth-order valence-corrected chi connectivity index (χ4v) is 3.63. The molecule has 1 fully saturated rings. The quantitative estimate of drug-likeness (QED) is 0.861. The van der Waals surface area contributed by atoms with Crippen LogP contribution in [0.25, 0.3) is 0 Å². The Morgan fingerprint density at radius 3 is 2.44 bits per heavy atom. The molecule has 0 spiro atoms. The average Bonchev–Trinajstić information content (AvgIpc) is 2.33. The first-order chi connectivity index (χ1) is 8.01. The van der Waals surface area contributed by atoms with E-state index in [0.717, 1.165) is 0 Å². The molecule has 1 saturated heterocycles. The maximum atomic E-state index is 12.3. The second-order valence-electron chi connectivity index (χ2n) is 3.73. The highest BCUT2D eigenvalue weighted by atomic mass is 79.9. The zero-order valence-corrected chi connectivity index (χ0v) is 13.4. The maximum absolute atomic E-state index is 12.3. The molecular weight excluding hydrogens is 363 g/mol. The van der Waals surface area contributed by atoms with Gasteiger partial charge in [0.15, 0.2) is 0 Å². The van der Waals surface area contributed by atoms with Crippen LogP contribution < -0.4 is 5.32 Å². The van der Waals surface area contributed by atoms with Gasteiger partial charge in [-0.05, 0) is 34.1 Å². The lowest BCUT2D eigenvalue weighted by Gasteiger charge is -2.26. The molecular formula is C10H13BrCl2N2O2S. The molecule has 0 saturated carbocycles. The topological polar surface area (TPSA) is 49.4 Å². The number of hydrogen-bond donors (Lipinski definition) is 1. The molecule has 0 radical (unpaired) electrons. The summed E-state index contributed by atoms with van der Waals surface area (Å²) < 4.78 is 26.7. The lowest BCUT2D eigenvalue weighted by molar-refractivity contribution is 0.360. The monoisotopic (exact) mass is 374 g/mol. The Bertz CT molecular complexity index is 519. The fourth-order valence-electron chi connectivity index (χ4n) is 1.67. The average molecular weight is 376 g/mol. The number of nitrogens with zero attached hydrogens (tertiary/aromatic N) is 1. The molecule has 2 rings (SSSR count). The Kier molecular flexibility index (Phi) is 5.89. The Morgan fingerprint density at radius 2 is 1.89 bits per heavy atom. The van der Waals surface area contributed by atoms with Crippen molar-refractivity contribution in [2.24, 2.45) is 0 Å². The highest BCUT2D eigenvalue weighted by molar-refractivity contribution is 9.10. The minimum absolute atomic E-state index is 0. The molecule has 0 amide bonds. The number of hydrogen-bond acceptors (Lipinski definition) is 3. The normalized spacial score (nSPS) is 17.2. The zero-order chi connectivity index (χ0) is 12.5. The molecule has 0 unspecified atom stereocenters. The van der Waals surface area contributed by atoms with E-state index >= 15 is 0 Å². The standard InChI is InChI=1S/C10H12BrClN2O2S.ClH/c11-9-2-1-8(7-10(9)12)17(15,16)14-5-3-13-4-6-14;/h1-2,7,13H,3-6H2;1H. The fraction of sp³-hybridized carbons (Fsp3) is 0.400. The lowest BCUT2D eigenvalue weighted by Crippen LogP contribution is -2.46. The van der Waals surface area contributed by atoms with Gasteiger partial charge >= 0.3 is 0 Å². The van der Waals surface area contributed by atoms with Gasteiger partial charge in [-0.15, -0.1) is 12.4 Å². The summed E-state index contributed by atoms with van der Waals surface area (Å²) in [6.45, 7) is 2.36. The van der Waals surface area contributed by atoms with Gasteiger partial charge in [-0.3, -0.25) is 0 Å². The van der Waals surface area contributed by atoms with Crippen molar-refractivity contribution in [3.63, 3.8) is 0 Å². The predicted molar refractivity (Wildman–Crippen MR) is 78.0 cm³/mol. The van der Waals surface area contributed by atoms with Gasteiger partial charge in [0.2, 0.25) is 10.0 Å². The van der Waals surface area contributed by atoms with E-state index in [4.69, 9.17) is 11.6 Å². The smallest absolute Gasteiger partial charge is 0.243 e. The second-order valence-corrected chi connectivity index (χ2v) is 6.93. The summed E-state index contributed by atoms with van der Waals surface area (Å²) in [5, 5.41) is 3.52. The molecule has 1 heterocycles. The van der Waals surface area contributed by atoms with Gasteiger partial charge in [0.1, 0.15) is 0 Å². The van der Waals surface area contributed by atoms with Gasteiger partial charge in [-0.25, -0.2) is 8.42 Å². The van der Waals surface area contributed by atoms with E-state index in [1.807, 2.05) is 0 Å². The summed E-state index contributed by atoms with van der Waals surface area (Å²) in [4.78, 5) is 0.243. The summed E-state index contributed by atoms with van der Waals surface area (Å²) in [7, 11) is -3.41. The van der Waals surface area contributed by atoms with Crippen LogP contribution in [-0.2, 0) is 10.0 Å². The van der Waals surface area contributed by atoms with E-state index in [2.05, 4.69) is 21.2 Å². The number of piperazine rings is 1. The minimum Gasteiger partial charge on any atom is -0.314 e. The SMILES string of the molecule is Cl.O=S(=O)(c1ccc(Br)c(Cl)c1)N1CCNCC1. The Morgan fingerprint density at radius 1 is 1.28 bits per heavy atom. The number of nitrogens with one attached hydrogen (secondary N) is 1. The Balaban J connectivity index is 0.00000162. The lowest BCUT2D eigenvalue weighted by atomic mass is 10.4. The van der Waals surface area contributed by atoms with E-state index in [1.165, 1.54) is 10.4 Å². The van der Waals surface area contributed by atoms with Gasteiger partial charge in [0.05, 0.1) is 9.92 Å². The van der Waals surface area contributed by atoms with Crippen LogP contribution in [0.4, 0.5) is 0 Å². The van der Waals surface area contributed by atoms with Crippen molar-refractivity contribution in [1.82, 2.24) is 9.62 Å². The molecule has 0 atom stereocenters. The van der Waals surface area contributed by atoms with Crippen LogP contribution in [-0.4, -0.2) is 38.9 Å². The minimum atomic E-state index is -3.41. The van der Waals surface area contributed by atoms with Crippen LogP contribution in [0.3, 0.4) is 0 Å². The molecule has 1 aliphatic heterocycles. The molecule has 1 N–H and O–H groups in total. The molecule has 1 aliphatic rings. The van der Waals surface area contributed by atoms with Crippen molar-refractivity contribution < 1.29 is 8.42 Å². The van der Waals surface area contributed by atoms with Crippen molar-refractivity contribution in [2.75, 3.05) is 26.2 Å². The van der Waals surface area contributed by atoms with E-state index in [9.17, 15) is 8.42 Å². The Hall–Kier alpha value is 0.150. The van der Waals surface area contributed by atoms with Crippen molar-refractivity contribution in [3.8, 4) is 0 Å². The Labute approximate surface area is 126 Å². The summed E-state index contributed by atoms with van der Waals surface area (Å²) in [5.41, 5.74) is 0. The molecule has 1 aromatic carbocycles. The van der Waals surface area contributed by atoms with Crippen LogP contribution in [0.15, 0.2) is 27.6 Å². The first-order valence-electron chi connectivity index (χ1n) is 5.18. The maximum Gasteiger partial charge on any atom is 0.243 e. The van der Waals surface area contributed by atoms with E-state index in [1.54, 1.807) is 12.1 Å². The van der Waals surface area contributed by atoms with Crippen molar-refractivity contribution in [3.05, 3.63) is 27.7 Å². The van der Waals surface area contributed by atoms with E-state index < -0.39 is 10.0 Å². The third-order valence-corrected chi connectivity index (χ3v) is 5.73. The molecule has 0 bridgehead atoms. The van der Waals surface area contributed by atoms with Crippen LogP contribution in [0.2, 0.25) is 5.02 Å². The van der Waals surface area contributed by atoms with E-state index in [0.29, 0.717) is 35.7 Å². The molecule has 4 nitrogen and oxygen atoms in total. The number of benzene rings is 1. The molecule has 1 aromatic rings. The third kappa shape index (κ3) is 3.37. The first kappa shape index (κ1) is 16.2. The van der Waals surface area contributed by atoms with Crippen LogP contribution >= 0.6 is 39.9 Å². The predicted octanol–water partition coefficient (Wildman–Crippen LogP) is 2.12. The summed E-state index contributed by atoms with van der Waals surface area (Å²) in [6, 6.07) is 4.69. The highest BCUT2D eigenvalue weighted by Crippen LogP contribution is 2.26. The number of sulfonamides is 1. The first-order valence-corrected chi connectivity index (χ1v) is 7.79. The molecule has 18 heavy (non-hydrogen) atoms. The van der Waals surface area contributed by atoms with Gasteiger partial charge in [-0.2, -0.15) is 4.31 Å². The molecule has 0 aliphatic carbocycles. The summed E-state index contributed by atoms with van der Waals surface area (Å²) >= 11 is 9.16. The summed E-state index contributed by atoms with van der Waals surface area (Å²) in [5.74, 6) is 0. The zero-order valence-electron chi connectivity index (χ0n) is 9.40. The number of rotatable bonds is 2. The molecule has 102 valence electrons. The van der Waals surface area contributed by atoms with E-state index in [-0.39, 0.29) is 17.3 Å². The van der Waals surface area contributed by atoms with Crippen molar-refractivity contribution in [2.45, 2.75) is 4.90 Å². The van der Waals surface area contributed by atoms with Gasteiger partial charge in [0, 0.05) is 30.7 Å². The molecule has 0 aromatic heterocycles. The van der Waals surface area contributed by atoms with Gasteiger partial charge in [-0.1, -0.05) is 11.6 Å². The molecule has 8 heteroatoms. The summed E-state index contributed by atoms with van der Waals surface area (Å²) in [6.07, 6.45) is 0. The van der Waals surface area contributed by atoms with Crippen molar-refractivity contribution in [1.29, 1.82) is 0 Å².